The van der Waals surface area contributed by atoms with Crippen molar-refractivity contribution >= 4 is 39.0 Å². The van der Waals surface area contributed by atoms with Crippen molar-refractivity contribution in [1.29, 1.82) is 0 Å². The van der Waals surface area contributed by atoms with Crippen molar-refractivity contribution in [1.82, 2.24) is 15.3 Å². The summed E-state index contributed by atoms with van der Waals surface area (Å²) in [7, 11) is 0. The minimum absolute atomic E-state index is 0.272. The van der Waals surface area contributed by atoms with Crippen LogP contribution in [0.4, 0.5) is 5.82 Å². The van der Waals surface area contributed by atoms with Gasteiger partial charge in [-0.2, -0.15) is 4.98 Å². The highest BCUT2D eigenvalue weighted by Crippen LogP contribution is 2.36. The molecule has 4 heterocycles. The molecule has 0 amide bonds. The summed E-state index contributed by atoms with van der Waals surface area (Å²) in [6, 6.07) is 2.05. The van der Waals surface area contributed by atoms with Crippen LogP contribution < -0.4 is 10.2 Å². The molecule has 0 aromatic carbocycles. The van der Waals surface area contributed by atoms with E-state index in [4.69, 9.17) is 16.3 Å². The first-order valence-corrected chi connectivity index (χ1v) is 9.54. The van der Waals surface area contributed by atoms with Gasteiger partial charge in [-0.15, -0.1) is 11.3 Å². The Balaban J connectivity index is 1.66. The molecule has 0 atom stereocenters. The molecule has 0 unspecified atom stereocenters. The first-order valence-electron chi connectivity index (χ1n) is 8.35. The Morgan fingerprint density at radius 3 is 2.79 bits per heavy atom. The number of piperidine rings is 1. The molecule has 2 saturated heterocycles. The highest BCUT2D eigenvalue weighted by Gasteiger charge is 2.30. The van der Waals surface area contributed by atoms with Gasteiger partial charge in [0, 0.05) is 24.4 Å². The third-order valence-corrected chi connectivity index (χ3v) is 6.01. The second-order valence-electron chi connectivity index (χ2n) is 6.49. The van der Waals surface area contributed by atoms with Gasteiger partial charge in [-0.25, -0.2) is 4.98 Å². The van der Waals surface area contributed by atoms with E-state index in [1.54, 1.807) is 11.3 Å². The summed E-state index contributed by atoms with van der Waals surface area (Å²) in [4.78, 5) is 12.2. The number of hydrogen-bond acceptors (Lipinski definition) is 7. The van der Waals surface area contributed by atoms with Crippen molar-refractivity contribution in [2.75, 3.05) is 44.3 Å². The van der Waals surface area contributed by atoms with Crippen molar-refractivity contribution < 1.29 is 9.84 Å². The lowest BCUT2D eigenvalue weighted by Crippen LogP contribution is -2.43. The number of thiophene rings is 1. The van der Waals surface area contributed by atoms with Crippen LogP contribution in [0, 0.1) is 0 Å². The van der Waals surface area contributed by atoms with E-state index in [1.807, 2.05) is 0 Å². The lowest BCUT2D eigenvalue weighted by molar-refractivity contribution is 0.0116. The molecule has 0 aliphatic carbocycles. The van der Waals surface area contributed by atoms with Gasteiger partial charge in [0.05, 0.1) is 29.0 Å². The van der Waals surface area contributed by atoms with Crippen LogP contribution in [0.3, 0.4) is 0 Å². The minimum Gasteiger partial charge on any atom is -0.389 e. The molecule has 2 N–H and O–H groups in total. The Labute approximate surface area is 149 Å². The molecular formula is C16H21ClN4O2S. The third-order valence-electron chi connectivity index (χ3n) is 4.73. The Morgan fingerprint density at radius 1 is 1.29 bits per heavy atom. The average molecular weight is 369 g/mol. The highest BCUT2D eigenvalue weighted by atomic mass is 35.5. The number of aromatic nitrogens is 2. The molecule has 0 spiro atoms. The number of halogens is 1. The fraction of sp³-hybridized carbons (Fsp3) is 0.625. The second kappa shape index (κ2) is 6.72. The molecule has 2 aromatic rings. The molecule has 4 rings (SSSR count). The van der Waals surface area contributed by atoms with Gasteiger partial charge in [0.15, 0.2) is 5.82 Å². The van der Waals surface area contributed by atoms with Crippen LogP contribution in [0.15, 0.2) is 6.07 Å². The van der Waals surface area contributed by atoms with Crippen molar-refractivity contribution in [2.45, 2.75) is 24.9 Å². The Bertz CT molecular complexity index is 726. The number of nitrogens with one attached hydrogen (secondary N) is 1. The summed E-state index contributed by atoms with van der Waals surface area (Å²) in [6.07, 6.45) is 2.23. The lowest BCUT2D eigenvalue weighted by Gasteiger charge is -2.32. The van der Waals surface area contributed by atoms with E-state index in [0.29, 0.717) is 19.6 Å². The molecule has 24 heavy (non-hydrogen) atoms. The van der Waals surface area contributed by atoms with E-state index < -0.39 is 5.60 Å². The van der Waals surface area contributed by atoms with E-state index in [2.05, 4.69) is 26.3 Å². The number of ether oxygens (including phenoxy) is 1. The molecule has 2 aliphatic heterocycles. The lowest BCUT2D eigenvalue weighted by atomic mass is 9.88. The predicted molar refractivity (Wildman–Crippen MR) is 96.2 cm³/mol. The van der Waals surface area contributed by atoms with Gasteiger partial charge in [-0.3, -0.25) is 0 Å². The smallest absolute Gasteiger partial charge is 0.224 e. The highest BCUT2D eigenvalue weighted by molar-refractivity contribution is 7.19. The minimum atomic E-state index is -0.623. The summed E-state index contributed by atoms with van der Waals surface area (Å²) in [6.45, 7) is 4.76. The third kappa shape index (κ3) is 3.36. The van der Waals surface area contributed by atoms with Crippen molar-refractivity contribution in [3.05, 3.63) is 16.2 Å². The maximum Gasteiger partial charge on any atom is 0.224 e. The number of rotatable bonds is 3. The van der Waals surface area contributed by atoms with Crippen LogP contribution in [0.25, 0.3) is 10.2 Å². The molecule has 0 radical (unpaired) electrons. The van der Waals surface area contributed by atoms with E-state index >= 15 is 0 Å². The number of morpholine rings is 1. The second-order valence-corrected chi connectivity index (χ2v) is 7.97. The van der Waals surface area contributed by atoms with Crippen LogP contribution in [0.2, 0.25) is 5.28 Å². The quantitative estimate of drug-likeness (QED) is 0.805. The average Bonchev–Trinajstić information content (AvgIpc) is 2.96. The monoisotopic (exact) mass is 368 g/mol. The van der Waals surface area contributed by atoms with Crippen LogP contribution in [-0.4, -0.2) is 60.1 Å². The molecule has 2 aromatic heterocycles. The molecular weight excluding hydrogens is 348 g/mol. The number of fused-ring (bicyclic) bond motifs is 1. The van der Waals surface area contributed by atoms with Crippen LogP contribution in [0.1, 0.15) is 17.7 Å². The zero-order chi connectivity index (χ0) is 16.6. The first-order chi connectivity index (χ1) is 11.6. The van der Waals surface area contributed by atoms with E-state index in [-0.39, 0.29) is 5.28 Å². The van der Waals surface area contributed by atoms with Crippen molar-refractivity contribution in [3.63, 3.8) is 0 Å². The van der Waals surface area contributed by atoms with Gasteiger partial charge in [0.1, 0.15) is 0 Å². The van der Waals surface area contributed by atoms with Gasteiger partial charge in [0.25, 0.3) is 0 Å². The van der Waals surface area contributed by atoms with Gasteiger partial charge < -0.3 is 20.1 Å². The number of aliphatic hydroxyl groups is 1. The zero-order valence-electron chi connectivity index (χ0n) is 13.4. The van der Waals surface area contributed by atoms with Crippen LogP contribution in [-0.2, 0) is 11.2 Å². The topological polar surface area (TPSA) is 70.5 Å². The fourth-order valence-corrected chi connectivity index (χ4v) is 4.83. The standard InChI is InChI=1S/C16H21ClN4O2S/c17-15-19-12-9-11(10-16(22)1-3-18-4-2-16)24-13(12)14(20-15)21-5-7-23-8-6-21/h9,18,22H,1-8,10H2. The van der Waals surface area contributed by atoms with E-state index in [9.17, 15) is 5.11 Å². The molecule has 0 bridgehead atoms. The Hall–Kier alpha value is -0.990. The fourth-order valence-electron chi connectivity index (χ4n) is 3.41. The van der Waals surface area contributed by atoms with Crippen LogP contribution >= 0.6 is 22.9 Å². The molecule has 130 valence electrons. The number of nitrogens with zero attached hydrogens (tertiary/aromatic N) is 3. The van der Waals surface area contributed by atoms with E-state index in [0.717, 1.165) is 59.9 Å². The predicted octanol–water partition coefficient (Wildman–Crippen LogP) is 1.84. The van der Waals surface area contributed by atoms with Crippen LogP contribution in [0.5, 0.6) is 0 Å². The summed E-state index contributed by atoms with van der Waals surface area (Å²) in [5.74, 6) is 0.891. The van der Waals surface area contributed by atoms with Crippen molar-refractivity contribution in [3.8, 4) is 0 Å². The Kier molecular flexibility index (Phi) is 4.62. The van der Waals surface area contributed by atoms with Crippen molar-refractivity contribution in [2.24, 2.45) is 0 Å². The summed E-state index contributed by atoms with van der Waals surface area (Å²) in [5.41, 5.74) is 0.247. The maximum atomic E-state index is 10.8. The SMILES string of the molecule is OC1(Cc2cc3nc(Cl)nc(N4CCOCC4)c3s2)CCNCC1. The van der Waals surface area contributed by atoms with Gasteiger partial charge in [-0.05, 0) is 43.6 Å². The number of anilines is 1. The molecule has 2 aliphatic rings. The van der Waals surface area contributed by atoms with E-state index in [1.165, 1.54) is 0 Å². The molecule has 0 saturated carbocycles. The normalized spacial score (nSPS) is 21.3. The van der Waals surface area contributed by atoms with Gasteiger partial charge in [-0.1, -0.05) is 0 Å². The summed E-state index contributed by atoms with van der Waals surface area (Å²) < 4.78 is 6.48. The zero-order valence-corrected chi connectivity index (χ0v) is 15.0. The first kappa shape index (κ1) is 16.5. The van der Waals surface area contributed by atoms with Gasteiger partial charge in [0.2, 0.25) is 5.28 Å². The largest absolute Gasteiger partial charge is 0.389 e. The Morgan fingerprint density at radius 2 is 2.04 bits per heavy atom. The molecule has 2 fully saturated rings. The number of hydrogen-bond donors (Lipinski definition) is 2. The molecule has 8 heteroatoms. The van der Waals surface area contributed by atoms with Gasteiger partial charge >= 0.3 is 0 Å². The summed E-state index contributed by atoms with van der Waals surface area (Å²) >= 11 is 7.81. The summed E-state index contributed by atoms with van der Waals surface area (Å²) in [5, 5.41) is 14.4. The molecule has 6 nitrogen and oxygen atoms in total. The maximum absolute atomic E-state index is 10.8.